The van der Waals surface area contributed by atoms with Crippen LogP contribution in [0.15, 0.2) is 36.4 Å². The van der Waals surface area contributed by atoms with Crippen molar-refractivity contribution >= 4 is 11.8 Å². The molecule has 0 spiro atoms. The molecule has 0 fully saturated rings. The summed E-state index contributed by atoms with van der Waals surface area (Å²) >= 11 is 0. The molecular weight excluding hydrogens is 584 g/mol. The second kappa shape index (κ2) is 12.4. The third kappa shape index (κ3) is 5.30. The van der Waals surface area contributed by atoms with Crippen LogP contribution in [-0.2, 0) is 26.2 Å². The maximum atomic E-state index is 12.7. The quantitative estimate of drug-likeness (QED) is 0.219. The first-order valence-electron chi connectivity index (χ1n) is 15.7. The Kier molecular flexibility index (Phi) is 8.55. The van der Waals surface area contributed by atoms with Crippen molar-refractivity contribution < 1.29 is 19.8 Å². The van der Waals surface area contributed by atoms with Gasteiger partial charge in [-0.25, -0.2) is 9.97 Å². The Morgan fingerprint density at radius 1 is 0.696 bits per heavy atom. The number of imidazole rings is 2. The van der Waals surface area contributed by atoms with Gasteiger partial charge in [-0.05, 0) is 49.9 Å². The number of amides is 2. The fourth-order valence-corrected chi connectivity index (χ4v) is 6.94. The number of nitrogens with zero attached hydrogens (tertiary/aromatic N) is 6. The van der Waals surface area contributed by atoms with Crippen LogP contribution < -0.4 is 11.5 Å². The number of rotatable bonds is 9. The van der Waals surface area contributed by atoms with Crippen molar-refractivity contribution in [1.29, 1.82) is 0 Å². The first kappa shape index (κ1) is 31.6. The van der Waals surface area contributed by atoms with E-state index in [0.717, 1.165) is 45.0 Å². The van der Waals surface area contributed by atoms with Crippen LogP contribution in [0.3, 0.4) is 0 Å². The summed E-state index contributed by atoms with van der Waals surface area (Å²) in [6.45, 7) is 11.8. The summed E-state index contributed by atoms with van der Waals surface area (Å²) in [5, 5.41) is 19.4. The van der Waals surface area contributed by atoms with Gasteiger partial charge in [-0.2, -0.15) is 0 Å². The Morgan fingerprint density at radius 3 is 1.41 bits per heavy atom. The molecular formula is C34H42N8O4. The van der Waals surface area contributed by atoms with Gasteiger partial charge in [0.2, 0.25) is 0 Å². The fourth-order valence-electron chi connectivity index (χ4n) is 6.94. The monoisotopic (exact) mass is 626 g/mol. The molecule has 46 heavy (non-hydrogen) atoms. The molecule has 0 aliphatic carbocycles. The highest BCUT2D eigenvalue weighted by molar-refractivity contribution is 6.00. The molecule has 2 atom stereocenters. The lowest BCUT2D eigenvalue weighted by Crippen LogP contribution is -2.41. The minimum atomic E-state index is -0.585. The van der Waals surface area contributed by atoms with Gasteiger partial charge in [0, 0.05) is 49.4 Å². The summed E-state index contributed by atoms with van der Waals surface area (Å²) in [5.41, 5.74) is 19.3. The number of aliphatic hydroxyl groups excluding tert-OH is 2. The van der Waals surface area contributed by atoms with Gasteiger partial charge in [0.1, 0.15) is 11.6 Å². The predicted molar refractivity (Wildman–Crippen MR) is 175 cm³/mol. The summed E-state index contributed by atoms with van der Waals surface area (Å²) in [6, 6.07) is 12.0. The summed E-state index contributed by atoms with van der Waals surface area (Å²) in [5.74, 6) is 0.320. The van der Waals surface area contributed by atoms with Crippen molar-refractivity contribution in [2.24, 2.45) is 11.5 Å². The van der Waals surface area contributed by atoms with E-state index in [4.69, 9.17) is 11.5 Å². The first-order chi connectivity index (χ1) is 22.0. The molecule has 6 N–H and O–H groups in total. The summed E-state index contributed by atoms with van der Waals surface area (Å²) < 4.78 is 4.16. The van der Waals surface area contributed by atoms with Gasteiger partial charge in [-0.1, -0.05) is 36.4 Å². The zero-order chi connectivity index (χ0) is 32.9. The van der Waals surface area contributed by atoms with Crippen LogP contribution in [0.2, 0.25) is 0 Å². The second-order valence-corrected chi connectivity index (χ2v) is 12.4. The molecule has 4 heterocycles. The predicted octanol–water partition coefficient (Wildman–Crippen LogP) is 2.29. The molecule has 0 bridgehead atoms. The minimum absolute atomic E-state index is 0.0224. The molecule has 0 saturated heterocycles. The molecule has 2 aliphatic rings. The van der Waals surface area contributed by atoms with Crippen LogP contribution in [0, 0.1) is 13.8 Å². The van der Waals surface area contributed by atoms with E-state index in [2.05, 4.69) is 41.0 Å². The number of carbonyl (C=O) groups is 2. The number of nitrogens with two attached hydrogens (primary N) is 2. The zero-order valence-corrected chi connectivity index (χ0v) is 26.8. The van der Waals surface area contributed by atoms with Gasteiger partial charge in [0.05, 0.1) is 37.7 Å². The van der Waals surface area contributed by atoms with Crippen molar-refractivity contribution in [1.82, 2.24) is 28.9 Å². The Balaban J connectivity index is 1.45. The van der Waals surface area contributed by atoms with E-state index in [-0.39, 0.29) is 36.7 Å². The lowest BCUT2D eigenvalue weighted by Gasteiger charge is -2.32. The topological polar surface area (TPSA) is 169 Å². The van der Waals surface area contributed by atoms with Crippen LogP contribution in [0.1, 0.15) is 57.6 Å². The Labute approximate surface area is 268 Å². The second-order valence-electron chi connectivity index (χ2n) is 12.4. The summed E-state index contributed by atoms with van der Waals surface area (Å²) in [4.78, 5) is 39.0. The molecule has 2 aromatic heterocycles. The molecule has 2 aliphatic heterocycles. The van der Waals surface area contributed by atoms with Crippen molar-refractivity contribution in [3.05, 3.63) is 70.6 Å². The van der Waals surface area contributed by atoms with Crippen LogP contribution in [0.25, 0.3) is 33.6 Å². The van der Waals surface area contributed by atoms with Gasteiger partial charge in [0.25, 0.3) is 11.8 Å². The Bertz CT molecular complexity index is 1690. The maximum Gasteiger partial charge on any atom is 0.269 e. The van der Waals surface area contributed by atoms with E-state index in [1.165, 1.54) is 0 Å². The number of aliphatic hydroxyl groups is 2. The third-order valence-corrected chi connectivity index (χ3v) is 9.71. The molecule has 6 rings (SSSR count). The zero-order valence-electron chi connectivity index (χ0n) is 26.8. The fraction of sp³-hybridized carbons (Fsp3) is 0.412. The molecule has 4 aromatic rings. The maximum absolute atomic E-state index is 12.7. The number of primary amides is 2. The van der Waals surface area contributed by atoms with Gasteiger partial charge in [0.15, 0.2) is 11.4 Å². The highest BCUT2D eigenvalue weighted by Gasteiger charge is 2.31. The molecule has 0 radical (unpaired) electrons. The van der Waals surface area contributed by atoms with Crippen LogP contribution in [0.5, 0.6) is 0 Å². The van der Waals surface area contributed by atoms with Gasteiger partial charge >= 0.3 is 0 Å². The van der Waals surface area contributed by atoms with Crippen molar-refractivity contribution in [3.63, 3.8) is 0 Å². The molecule has 12 nitrogen and oxygen atoms in total. The van der Waals surface area contributed by atoms with E-state index in [1.54, 1.807) is 0 Å². The Morgan fingerprint density at radius 2 is 1.07 bits per heavy atom. The van der Waals surface area contributed by atoms with Crippen LogP contribution in [-0.4, -0.2) is 89.3 Å². The SMILES string of the molecule is Cc1c(-c2cccc(-c3c(C(N)=O)nc4n3CCN(C(C)CO)C4)c2C)cccc1-c1c(C(N)=O)nc2n1CCN(C(C)CO)C2. The number of benzene rings is 2. The lowest BCUT2D eigenvalue weighted by molar-refractivity contribution is 0.0987. The van der Waals surface area contributed by atoms with Gasteiger partial charge < -0.3 is 30.8 Å². The van der Waals surface area contributed by atoms with E-state index >= 15 is 0 Å². The number of hydrogen-bond acceptors (Lipinski definition) is 8. The molecule has 2 amide bonds. The lowest BCUT2D eigenvalue weighted by atomic mass is 9.89. The number of carbonyl (C=O) groups excluding carboxylic acids is 2. The average Bonchev–Trinajstić information content (AvgIpc) is 3.63. The normalized spacial score (nSPS) is 16.6. The van der Waals surface area contributed by atoms with Crippen molar-refractivity contribution in [2.75, 3.05) is 26.3 Å². The van der Waals surface area contributed by atoms with E-state index in [1.807, 2.05) is 52.0 Å². The van der Waals surface area contributed by atoms with E-state index < -0.39 is 11.8 Å². The summed E-state index contributed by atoms with van der Waals surface area (Å²) in [7, 11) is 0. The molecule has 0 saturated carbocycles. The van der Waals surface area contributed by atoms with E-state index in [0.29, 0.717) is 50.7 Å². The molecule has 242 valence electrons. The van der Waals surface area contributed by atoms with Crippen molar-refractivity contribution in [3.8, 4) is 33.6 Å². The molecule has 2 unspecified atom stereocenters. The van der Waals surface area contributed by atoms with Crippen LogP contribution in [0.4, 0.5) is 0 Å². The standard InChI is InChI=1S/C34H42N8O4/c1-19(17-43)39-11-13-41-27(15-39)37-29(33(35)45)31(41)25-9-5-7-23(21(25)3)24-8-6-10-26(22(24)4)32-30(34(36)46)38-28-16-40(20(2)18-44)12-14-42(28)32/h5-10,19-20,43-44H,11-18H2,1-4H3,(H2,35,45)(H2,36,46). The summed E-state index contributed by atoms with van der Waals surface area (Å²) in [6.07, 6.45) is 0. The third-order valence-electron chi connectivity index (χ3n) is 9.71. The Hall–Kier alpha value is -4.36. The highest BCUT2D eigenvalue weighted by Crippen LogP contribution is 2.40. The number of hydrogen-bond donors (Lipinski definition) is 4. The first-order valence-corrected chi connectivity index (χ1v) is 15.7. The largest absolute Gasteiger partial charge is 0.395 e. The average molecular weight is 627 g/mol. The van der Waals surface area contributed by atoms with Crippen molar-refractivity contribution in [2.45, 2.75) is 66.0 Å². The smallest absolute Gasteiger partial charge is 0.269 e. The molecule has 12 heteroatoms. The van der Waals surface area contributed by atoms with Crippen LogP contribution >= 0.6 is 0 Å². The molecule has 2 aromatic carbocycles. The number of aromatic nitrogens is 4. The van der Waals surface area contributed by atoms with Gasteiger partial charge in [-0.15, -0.1) is 0 Å². The van der Waals surface area contributed by atoms with E-state index in [9.17, 15) is 19.8 Å². The van der Waals surface area contributed by atoms with Gasteiger partial charge in [-0.3, -0.25) is 19.4 Å². The number of fused-ring (bicyclic) bond motifs is 2. The minimum Gasteiger partial charge on any atom is -0.395 e. The highest BCUT2D eigenvalue weighted by atomic mass is 16.3.